The number of nitro benzene ring substituents is 1. The van der Waals surface area contributed by atoms with Gasteiger partial charge in [0, 0.05) is 24.2 Å². The Bertz CT molecular complexity index is 984. The minimum absolute atomic E-state index is 0.00935. The van der Waals surface area contributed by atoms with Gasteiger partial charge in [0.1, 0.15) is 5.76 Å². The van der Waals surface area contributed by atoms with Gasteiger partial charge in [0.15, 0.2) is 0 Å². The lowest BCUT2D eigenvalue weighted by molar-refractivity contribution is -0.384. The van der Waals surface area contributed by atoms with Gasteiger partial charge < -0.3 is 14.9 Å². The van der Waals surface area contributed by atoms with Crippen LogP contribution in [-0.4, -0.2) is 58.7 Å². The van der Waals surface area contributed by atoms with Gasteiger partial charge >= 0.3 is 0 Å². The van der Waals surface area contributed by atoms with E-state index in [1.54, 1.807) is 30.3 Å². The first-order valence-corrected chi connectivity index (χ1v) is 9.54. The number of nitro groups is 1. The molecule has 1 unspecified atom stereocenters. The summed E-state index contributed by atoms with van der Waals surface area (Å²) in [6.07, 6.45) is 0.634. The van der Waals surface area contributed by atoms with Gasteiger partial charge in [0.05, 0.1) is 16.5 Å². The van der Waals surface area contributed by atoms with Crippen molar-refractivity contribution in [2.75, 3.05) is 27.2 Å². The van der Waals surface area contributed by atoms with E-state index < -0.39 is 22.7 Å². The van der Waals surface area contributed by atoms with E-state index in [1.165, 1.54) is 29.2 Å². The first kappa shape index (κ1) is 21.2. The molecule has 3 rings (SSSR count). The number of Topliss-reactive ketones (excluding diaryl/α,β-unsaturated/α-hetero) is 1. The second-order valence-corrected chi connectivity index (χ2v) is 7.36. The topological polar surface area (TPSA) is 104 Å². The fourth-order valence-electron chi connectivity index (χ4n) is 3.54. The zero-order chi connectivity index (χ0) is 21.8. The molecule has 1 saturated heterocycles. The summed E-state index contributed by atoms with van der Waals surface area (Å²) in [5.41, 5.74) is 0.856. The molecule has 0 bridgehead atoms. The molecule has 1 atom stereocenters. The Labute approximate surface area is 174 Å². The molecule has 1 aliphatic heterocycles. The molecule has 0 aliphatic carbocycles. The summed E-state index contributed by atoms with van der Waals surface area (Å²) in [5.74, 6) is -1.70. The highest BCUT2D eigenvalue weighted by molar-refractivity contribution is 6.46. The highest BCUT2D eigenvalue weighted by Gasteiger charge is 2.45. The van der Waals surface area contributed by atoms with E-state index in [4.69, 9.17) is 0 Å². The smallest absolute Gasteiger partial charge is 0.295 e. The monoisotopic (exact) mass is 409 g/mol. The minimum atomic E-state index is -0.812. The summed E-state index contributed by atoms with van der Waals surface area (Å²) in [4.78, 5) is 39.5. The van der Waals surface area contributed by atoms with E-state index in [-0.39, 0.29) is 17.0 Å². The van der Waals surface area contributed by atoms with Crippen LogP contribution in [0.5, 0.6) is 0 Å². The molecule has 0 saturated carbocycles. The van der Waals surface area contributed by atoms with E-state index in [9.17, 15) is 24.8 Å². The lowest BCUT2D eigenvalue weighted by Gasteiger charge is -2.25. The summed E-state index contributed by atoms with van der Waals surface area (Å²) in [6.45, 7) is 1.03. The number of rotatable bonds is 7. The summed E-state index contributed by atoms with van der Waals surface area (Å²) in [5, 5.41) is 21.9. The van der Waals surface area contributed by atoms with Gasteiger partial charge in [-0.05, 0) is 44.8 Å². The maximum atomic E-state index is 12.9. The molecular formula is C22H23N3O5. The Morgan fingerprint density at radius 1 is 1.10 bits per heavy atom. The van der Waals surface area contributed by atoms with Gasteiger partial charge in [-0.25, -0.2) is 0 Å². The molecule has 1 fully saturated rings. The number of nitrogens with zero attached hydrogens (tertiary/aromatic N) is 3. The number of likely N-dealkylation sites (tertiary alicyclic amines) is 1. The van der Waals surface area contributed by atoms with Crippen LogP contribution < -0.4 is 0 Å². The van der Waals surface area contributed by atoms with Crippen molar-refractivity contribution in [2.45, 2.75) is 12.5 Å². The maximum absolute atomic E-state index is 12.9. The van der Waals surface area contributed by atoms with Gasteiger partial charge in [-0.3, -0.25) is 19.7 Å². The Hall–Kier alpha value is -3.52. The van der Waals surface area contributed by atoms with Crippen LogP contribution in [0.3, 0.4) is 0 Å². The number of hydrogen-bond acceptors (Lipinski definition) is 6. The maximum Gasteiger partial charge on any atom is 0.295 e. The van der Waals surface area contributed by atoms with Crippen LogP contribution in [0.4, 0.5) is 5.69 Å². The summed E-state index contributed by atoms with van der Waals surface area (Å²) < 4.78 is 0. The van der Waals surface area contributed by atoms with Crippen molar-refractivity contribution >= 4 is 23.1 Å². The van der Waals surface area contributed by atoms with Crippen LogP contribution in [0.15, 0.2) is 60.2 Å². The predicted octanol–water partition coefficient (Wildman–Crippen LogP) is 2.97. The molecule has 0 spiro atoms. The molecular weight excluding hydrogens is 386 g/mol. The number of aliphatic hydroxyl groups is 1. The molecule has 156 valence electrons. The van der Waals surface area contributed by atoms with Gasteiger partial charge in [-0.15, -0.1) is 0 Å². The van der Waals surface area contributed by atoms with Crippen molar-refractivity contribution in [1.29, 1.82) is 0 Å². The number of ketones is 1. The Morgan fingerprint density at radius 3 is 2.30 bits per heavy atom. The van der Waals surface area contributed by atoms with Crippen LogP contribution in [0.25, 0.3) is 5.76 Å². The van der Waals surface area contributed by atoms with Gasteiger partial charge in [-0.2, -0.15) is 0 Å². The van der Waals surface area contributed by atoms with Gasteiger partial charge in [0.25, 0.3) is 17.4 Å². The average Bonchev–Trinajstić information content (AvgIpc) is 2.98. The van der Waals surface area contributed by atoms with E-state index in [0.717, 1.165) is 0 Å². The Balaban J connectivity index is 2.08. The second-order valence-electron chi connectivity index (χ2n) is 7.36. The lowest BCUT2D eigenvalue weighted by atomic mass is 9.95. The van der Waals surface area contributed by atoms with Gasteiger partial charge in [-0.1, -0.05) is 30.3 Å². The zero-order valence-corrected chi connectivity index (χ0v) is 16.8. The van der Waals surface area contributed by atoms with Crippen molar-refractivity contribution in [3.63, 3.8) is 0 Å². The first-order valence-electron chi connectivity index (χ1n) is 9.54. The molecule has 8 nitrogen and oxygen atoms in total. The van der Waals surface area contributed by atoms with Crippen LogP contribution in [0.1, 0.15) is 23.6 Å². The van der Waals surface area contributed by atoms with Crippen LogP contribution in [0.2, 0.25) is 0 Å². The number of aliphatic hydroxyl groups excluding tert-OH is 1. The number of amides is 1. The number of carbonyl (C=O) groups excluding carboxylic acids is 2. The largest absolute Gasteiger partial charge is 0.507 e. The number of benzene rings is 2. The molecule has 1 heterocycles. The third-order valence-corrected chi connectivity index (χ3v) is 5.01. The fraction of sp³-hybridized carbons (Fsp3) is 0.273. The minimum Gasteiger partial charge on any atom is -0.507 e. The van der Waals surface area contributed by atoms with Crippen molar-refractivity contribution in [1.82, 2.24) is 9.80 Å². The third kappa shape index (κ3) is 4.23. The van der Waals surface area contributed by atoms with Crippen LogP contribution >= 0.6 is 0 Å². The standard InChI is InChI=1S/C22H23N3O5/c1-23(2)13-6-14-24-19(15-9-11-17(12-10-15)25(29)30)18(21(27)22(24)28)20(26)16-7-4-3-5-8-16/h3-5,7-12,19,26H,6,13-14H2,1-2H3. The molecule has 0 radical (unpaired) electrons. The summed E-state index contributed by atoms with van der Waals surface area (Å²) >= 11 is 0. The summed E-state index contributed by atoms with van der Waals surface area (Å²) in [6, 6.07) is 13.4. The number of carbonyl (C=O) groups is 2. The van der Waals surface area contributed by atoms with Crippen LogP contribution in [-0.2, 0) is 9.59 Å². The van der Waals surface area contributed by atoms with E-state index in [1.807, 2.05) is 19.0 Å². The SMILES string of the molecule is CN(C)CCCN1C(=O)C(=O)C(=C(O)c2ccccc2)C1c1ccc([N+](=O)[O-])cc1. The summed E-state index contributed by atoms with van der Waals surface area (Å²) in [7, 11) is 3.83. The fourth-order valence-corrected chi connectivity index (χ4v) is 3.54. The van der Waals surface area contributed by atoms with Crippen molar-refractivity contribution in [3.8, 4) is 0 Å². The van der Waals surface area contributed by atoms with Gasteiger partial charge in [0.2, 0.25) is 0 Å². The normalized spacial score (nSPS) is 18.2. The van der Waals surface area contributed by atoms with Crippen LogP contribution in [0, 0.1) is 10.1 Å². The number of hydrogen-bond donors (Lipinski definition) is 1. The molecule has 2 aromatic rings. The molecule has 1 aliphatic rings. The first-order chi connectivity index (χ1) is 14.3. The van der Waals surface area contributed by atoms with Crippen molar-refractivity contribution in [2.24, 2.45) is 0 Å². The average molecular weight is 409 g/mol. The van der Waals surface area contributed by atoms with E-state index >= 15 is 0 Å². The molecule has 30 heavy (non-hydrogen) atoms. The molecule has 0 aromatic heterocycles. The van der Waals surface area contributed by atoms with Crippen molar-refractivity contribution < 1.29 is 19.6 Å². The second kappa shape index (κ2) is 8.87. The Morgan fingerprint density at radius 2 is 1.73 bits per heavy atom. The highest BCUT2D eigenvalue weighted by Crippen LogP contribution is 2.39. The Kier molecular flexibility index (Phi) is 6.27. The zero-order valence-electron chi connectivity index (χ0n) is 16.8. The van der Waals surface area contributed by atoms with E-state index in [0.29, 0.717) is 30.6 Å². The number of non-ortho nitro benzene ring substituents is 1. The third-order valence-electron chi connectivity index (χ3n) is 5.01. The molecule has 2 aromatic carbocycles. The molecule has 8 heteroatoms. The predicted molar refractivity (Wildman–Crippen MR) is 112 cm³/mol. The molecule has 1 N–H and O–H groups in total. The highest BCUT2D eigenvalue weighted by atomic mass is 16.6. The quantitative estimate of drug-likeness (QED) is 0.248. The van der Waals surface area contributed by atoms with Crippen molar-refractivity contribution in [3.05, 3.63) is 81.4 Å². The molecule has 1 amide bonds. The van der Waals surface area contributed by atoms with E-state index in [2.05, 4.69) is 0 Å². The lowest BCUT2D eigenvalue weighted by Crippen LogP contribution is -2.32.